The fraction of sp³-hybridized carbons (Fsp3) is 0.400. The molecule has 1 atom stereocenters. The van der Waals surface area contributed by atoms with Crippen molar-refractivity contribution in [2.75, 3.05) is 24.3 Å². The van der Waals surface area contributed by atoms with Gasteiger partial charge in [-0.3, -0.25) is 0 Å². The van der Waals surface area contributed by atoms with Crippen LogP contribution in [-0.2, 0) is 4.74 Å². The quantitative estimate of drug-likeness (QED) is 0.737. The van der Waals surface area contributed by atoms with Gasteiger partial charge in [0.15, 0.2) is 11.6 Å². The molecule has 0 saturated carbocycles. The van der Waals surface area contributed by atoms with Crippen LogP contribution in [0.2, 0.25) is 0 Å². The summed E-state index contributed by atoms with van der Waals surface area (Å²) in [4.78, 5) is 0. The van der Waals surface area contributed by atoms with Gasteiger partial charge >= 0.3 is 0 Å². The SMILES string of the molecule is Nc1ccc(F)c(F)c1NC1CCOC1. The number of benzene rings is 1. The number of rotatable bonds is 2. The Labute approximate surface area is 86.2 Å². The smallest absolute Gasteiger partial charge is 0.183 e. The van der Waals surface area contributed by atoms with Crippen molar-refractivity contribution in [2.45, 2.75) is 12.5 Å². The number of nitrogen functional groups attached to an aromatic ring is 1. The van der Waals surface area contributed by atoms with Crippen LogP contribution in [0.4, 0.5) is 20.2 Å². The second-order valence-electron chi connectivity index (χ2n) is 3.53. The molecule has 2 rings (SSSR count). The number of hydrogen-bond acceptors (Lipinski definition) is 3. The molecule has 1 aliphatic rings. The minimum Gasteiger partial charge on any atom is -0.397 e. The zero-order valence-corrected chi connectivity index (χ0v) is 8.09. The van der Waals surface area contributed by atoms with E-state index in [0.717, 1.165) is 12.5 Å². The summed E-state index contributed by atoms with van der Waals surface area (Å²) < 4.78 is 31.4. The van der Waals surface area contributed by atoms with Crippen molar-refractivity contribution in [1.82, 2.24) is 0 Å². The predicted molar refractivity (Wildman–Crippen MR) is 53.6 cm³/mol. The molecule has 0 aliphatic carbocycles. The van der Waals surface area contributed by atoms with Crippen LogP contribution in [0.3, 0.4) is 0 Å². The van der Waals surface area contributed by atoms with Gasteiger partial charge in [-0.2, -0.15) is 0 Å². The van der Waals surface area contributed by atoms with Crippen LogP contribution < -0.4 is 11.1 Å². The Hall–Kier alpha value is -1.36. The fourth-order valence-electron chi connectivity index (χ4n) is 1.56. The predicted octanol–water partition coefficient (Wildman–Crippen LogP) is 1.75. The Morgan fingerprint density at radius 1 is 1.40 bits per heavy atom. The molecule has 1 aromatic rings. The monoisotopic (exact) mass is 214 g/mol. The van der Waals surface area contributed by atoms with Crippen molar-refractivity contribution in [1.29, 1.82) is 0 Å². The van der Waals surface area contributed by atoms with Gasteiger partial charge in [0, 0.05) is 6.61 Å². The van der Waals surface area contributed by atoms with Gasteiger partial charge in [0.25, 0.3) is 0 Å². The molecular formula is C10H12F2N2O. The Morgan fingerprint density at radius 3 is 2.87 bits per heavy atom. The number of halogens is 2. The third-order valence-corrected chi connectivity index (χ3v) is 2.41. The van der Waals surface area contributed by atoms with Crippen molar-refractivity contribution >= 4 is 11.4 Å². The molecular weight excluding hydrogens is 202 g/mol. The molecule has 1 heterocycles. The average molecular weight is 214 g/mol. The van der Waals surface area contributed by atoms with E-state index in [-0.39, 0.29) is 17.4 Å². The van der Waals surface area contributed by atoms with Gasteiger partial charge in [0.05, 0.1) is 24.0 Å². The van der Waals surface area contributed by atoms with Gasteiger partial charge in [0.1, 0.15) is 0 Å². The van der Waals surface area contributed by atoms with Crippen LogP contribution in [0.25, 0.3) is 0 Å². The standard InChI is InChI=1S/C10H12F2N2O/c11-7-1-2-8(13)10(9(7)12)14-6-3-4-15-5-6/h1-2,6,14H,3-5,13H2. The molecule has 82 valence electrons. The Bertz CT molecular complexity index is 365. The number of anilines is 2. The topological polar surface area (TPSA) is 47.3 Å². The van der Waals surface area contributed by atoms with Gasteiger partial charge in [-0.05, 0) is 18.6 Å². The van der Waals surface area contributed by atoms with Crippen LogP contribution >= 0.6 is 0 Å². The largest absolute Gasteiger partial charge is 0.397 e. The normalized spacial score (nSPS) is 20.5. The summed E-state index contributed by atoms with van der Waals surface area (Å²) in [7, 11) is 0. The minimum atomic E-state index is -0.929. The van der Waals surface area contributed by atoms with E-state index in [1.165, 1.54) is 6.07 Å². The summed E-state index contributed by atoms with van der Waals surface area (Å²) in [6, 6.07) is 2.36. The molecule has 1 saturated heterocycles. The molecule has 15 heavy (non-hydrogen) atoms. The van der Waals surface area contributed by atoms with E-state index >= 15 is 0 Å². The van der Waals surface area contributed by atoms with Gasteiger partial charge in [0.2, 0.25) is 0 Å². The van der Waals surface area contributed by atoms with Crippen LogP contribution in [0.1, 0.15) is 6.42 Å². The zero-order chi connectivity index (χ0) is 10.8. The number of ether oxygens (including phenoxy) is 1. The van der Waals surface area contributed by atoms with Gasteiger partial charge in [-0.25, -0.2) is 8.78 Å². The molecule has 3 nitrogen and oxygen atoms in total. The highest BCUT2D eigenvalue weighted by molar-refractivity contribution is 5.67. The molecule has 1 fully saturated rings. The lowest BCUT2D eigenvalue weighted by Crippen LogP contribution is -2.21. The molecule has 1 aromatic carbocycles. The number of nitrogens with two attached hydrogens (primary N) is 1. The van der Waals surface area contributed by atoms with Crippen molar-refractivity contribution in [3.63, 3.8) is 0 Å². The first-order valence-electron chi connectivity index (χ1n) is 4.76. The highest BCUT2D eigenvalue weighted by Gasteiger charge is 2.19. The molecule has 0 bridgehead atoms. The third kappa shape index (κ3) is 2.02. The van der Waals surface area contributed by atoms with E-state index < -0.39 is 11.6 Å². The van der Waals surface area contributed by atoms with Crippen LogP contribution in [0, 0.1) is 11.6 Å². The Kier molecular flexibility index (Phi) is 2.73. The lowest BCUT2D eigenvalue weighted by atomic mass is 10.2. The van der Waals surface area contributed by atoms with E-state index in [0.29, 0.717) is 13.2 Å². The molecule has 0 spiro atoms. The summed E-state index contributed by atoms with van der Waals surface area (Å²) >= 11 is 0. The maximum atomic E-state index is 13.4. The second-order valence-corrected chi connectivity index (χ2v) is 3.53. The lowest BCUT2D eigenvalue weighted by Gasteiger charge is -2.15. The van der Waals surface area contributed by atoms with Gasteiger partial charge < -0.3 is 15.8 Å². The van der Waals surface area contributed by atoms with Crippen molar-refractivity contribution in [3.8, 4) is 0 Å². The van der Waals surface area contributed by atoms with Crippen molar-refractivity contribution in [3.05, 3.63) is 23.8 Å². The first kappa shape index (κ1) is 10.2. The van der Waals surface area contributed by atoms with E-state index in [9.17, 15) is 8.78 Å². The maximum Gasteiger partial charge on any atom is 0.183 e. The Morgan fingerprint density at radius 2 is 2.20 bits per heavy atom. The van der Waals surface area contributed by atoms with Crippen LogP contribution in [0.15, 0.2) is 12.1 Å². The first-order chi connectivity index (χ1) is 7.18. The number of hydrogen-bond donors (Lipinski definition) is 2. The summed E-state index contributed by atoms with van der Waals surface area (Å²) in [5.74, 6) is -1.83. The third-order valence-electron chi connectivity index (χ3n) is 2.41. The van der Waals surface area contributed by atoms with Gasteiger partial charge in [-0.15, -0.1) is 0 Å². The molecule has 0 radical (unpaired) electrons. The summed E-state index contributed by atoms with van der Waals surface area (Å²) in [5, 5.41) is 2.85. The van der Waals surface area contributed by atoms with Crippen LogP contribution in [0.5, 0.6) is 0 Å². The van der Waals surface area contributed by atoms with E-state index in [1.54, 1.807) is 0 Å². The lowest BCUT2D eigenvalue weighted by molar-refractivity contribution is 0.195. The van der Waals surface area contributed by atoms with E-state index in [2.05, 4.69) is 5.32 Å². The minimum absolute atomic E-state index is 0.00333. The highest BCUT2D eigenvalue weighted by atomic mass is 19.2. The number of nitrogens with one attached hydrogen (secondary N) is 1. The molecule has 5 heteroatoms. The maximum absolute atomic E-state index is 13.4. The molecule has 1 unspecified atom stereocenters. The first-order valence-corrected chi connectivity index (χ1v) is 4.76. The summed E-state index contributed by atoms with van der Waals surface area (Å²) in [5.41, 5.74) is 5.80. The Balaban J connectivity index is 2.22. The van der Waals surface area contributed by atoms with Crippen molar-refractivity contribution < 1.29 is 13.5 Å². The average Bonchev–Trinajstić information content (AvgIpc) is 2.71. The van der Waals surface area contributed by atoms with Crippen LogP contribution in [-0.4, -0.2) is 19.3 Å². The van der Waals surface area contributed by atoms with E-state index in [1.807, 2.05) is 0 Å². The van der Waals surface area contributed by atoms with E-state index in [4.69, 9.17) is 10.5 Å². The molecule has 0 aromatic heterocycles. The van der Waals surface area contributed by atoms with Gasteiger partial charge in [-0.1, -0.05) is 0 Å². The molecule has 0 amide bonds. The molecule has 3 N–H and O–H groups in total. The second kappa shape index (κ2) is 4.02. The highest BCUT2D eigenvalue weighted by Crippen LogP contribution is 2.26. The summed E-state index contributed by atoms with van der Waals surface area (Å²) in [6.07, 6.45) is 0.773. The zero-order valence-electron chi connectivity index (χ0n) is 8.09. The summed E-state index contributed by atoms with van der Waals surface area (Å²) in [6.45, 7) is 1.13. The molecule has 1 aliphatic heterocycles. The van der Waals surface area contributed by atoms with Crippen molar-refractivity contribution in [2.24, 2.45) is 0 Å². The fourth-order valence-corrected chi connectivity index (χ4v) is 1.56.